The third kappa shape index (κ3) is 7.30. The number of hydrogen-bond donors (Lipinski definition) is 0. The molecule has 3 rings (SSSR count). The first-order valence-electron chi connectivity index (χ1n) is 15.1. The maximum absolute atomic E-state index is 14.4. The normalized spacial score (nSPS) is 29.2. The van der Waals surface area contributed by atoms with Crippen molar-refractivity contribution in [2.45, 2.75) is 146 Å². The van der Waals surface area contributed by atoms with Crippen LogP contribution in [-0.4, -0.2) is 135 Å². The highest BCUT2D eigenvalue weighted by Crippen LogP contribution is 2.63. The molecule has 3 saturated heterocycles. The Morgan fingerprint density at radius 2 is 0.586 bits per heavy atom. The Labute approximate surface area is 304 Å². The average Bonchev–Trinajstić information content (AvgIpc) is 3.59. The van der Waals surface area contributed by atoms with Crippen molar-refractivity contribution in [1.82, 2.24) is 0 Å². The van der Waals surface area contributed by atoms with Gasteiger partial charge in [-0.3, -0.25) is 0 Å². The van der Waals surface area contributed by atoms with Crippen LogP contribution in [0, 0.1) is 0 Å². The van der Waals surface area contributed by atoms with Gasteiger partial charge in [0.05, 0.1) is 12.2 Å². The Balaban J connectivity index is 1.76. The van der Waals surface area contributed by atoms with Gasteiger partial charge in [-0.05, 0) is 12.8 Å². The Kier molecular flexibility index (Phi) is 12.8. The molecule has 0 spiro atoms. The molecule has 0 N–H and O–H groups in total. The molecule has 3 fully saturated rings. The number of fused-ring (bicyclic) bond motifs is 2. The maximum atomic E-state index is 14.4. The summed E-state index contributed by atoms with van der Waals surface area (Å²) in [5.41, 5.74) is 0. The van der Waals surface area contributed by atoms with E-state index in [1.807, 2.05) is 0 Å². The molecule has 0 radical (unpaired) electrons. The van der Waals surface area contributed by atoms with E-state index in [0.29, 0.717) is 14.2 Å². The van der Waals surface area contributed by atoms with Crippen LogP contribution in [0.3, 0.4) is 0 Å². The van der Waals surface area contributed by atoms with Crippen molar-refractivity contribution in [2.24, 2.45) is 0 Å². The van der Waals surface area contributed by atoms with Crippen molar-refractivity contribution in [3.8, 4) is 0 Å². The Hall–Kier alpha value is -2.06. The first-order chi connectivity index (χ1) is 25.5. The summed E-state index contributed by atoms with van der Waals surface area (Å²) in [5.74, 6) is -77.0. The SMILES string of the molecule is CO[C@@H]1[C@H]2O[C@H]3O[C@H](CCC(F)(F)C(F)(F)C(F)(F)C(F)(F)C(F)(F)C(F)(F)F)[C@H](OC)[C@H]3O[C@H]2O[C@@H]1CCC(F)(F)C(F)(F)C(F)(F)C(F)(F)C(F)(F)C(F)(F)F. The lowest BCUT2D eigenvalue weighted by atomic mass is 9.90. The van der Waals surface area contributed by atoms with E-state index < -0.39 is 146 Å². The minimum Gasteiger partial charge on any atom is -0.376 e. The van der Waals surface area contributed by atoms with Crippen LogP contribution >= 0.6 is 0 Å². The zero-order valence-corrected chi connectivity index (χ0v) is 27.7. The third-order valence-corrected chi connectivity index (χ3v) is 9.14. The molecule has 32 heteroatoms. The number of halogens is 26. The summed E-state index contributed by atoms with van der Waals surface area (Å²) < 4.78 is 381. The van der Waals surface area contributed by atoms with E-state index in [1.165, 1.54) is 0 Å². The zero-order valence-electron chi connectivity index (χ0n) is 27.7. The third-order valence-electron chi connectivity index (χ3n) is 9.14. The first-order valence-corrected chi connectivity index (χ1v) is 15.1. The summed E-state index contributed by atoms with van der Waals surface area (Å²) >= 11 is 0. The van der Waals surface area contributed by atoms with Gasteiger partial charge in [0, 0.05) is 27.1 Å². The molecular formula is C26H22F26O6. The minimum absolute atomic E-state index is 0.655. The number of alkyl halides is 26. The fraction of sp³-hybridized carbons (Fsp3) is 1.00. The summed E-state index contributed by atoms with van der Waals surface area (Å²) in [5, 5.41) is 0. The van der Waals surface area contributed by atoms with Gasteiger partial charge in [0.25, 0.3) is 0 Å². The summed E-state index contributed by atoms with van der Waals surface area (Å²) in [6.45, 7) is 0. The first kappa shape index (κ1) is 50.3. The van der Waals surface area contributed by atoms with Gasteiger partial charge in [-0.1, -0.05) is 0 Å². The standard InChI is InChI=1S/C26H22F26O6/c1-53-9-7(3-5-15(27,28)17(31,32)19(35,36)21(39,40)23(43,44)25(47,48)49)55-13-11(9)57-14-12(58-13)10(54-2)8(56-14)4-6-16(29,30)18(33,34)20(37,38)22(41,42)24(45,46)26(50,51)52/h7-14H,3-6H2,1-2H3/t7-,8-,9+,10+,11-,12-,13-,14-/m1/s1. The van der Waals surface area contributed by atoms with Gasteiger partial charge in [-0.25, -0.2) is 0 Å². The highest BCUT2D eigenvalue weighted by molar-refractivity contribution is 5.12. The van der Waals surface area contributed by atoms with Crippen LogP contribution in [0.5, 0.6) is 0 Å². The van der Waals surface area contributed by atoms with E-state index in [1.54, 1.807) is 0 Å². The van der Waals surface area contributed by atoms with Crippen LogP contribution in [0.25, 0.3) is 0 Å². The summed E-state index contributed by atoms with van der Waals surface area (Å²) in [6.07, 6.45) is -40.5. The number of rotatable bonds is 16. The smallest absolute Gasteiger partial charge is 0.376 e. The molecule has 0 bridgehead atoms. The molecule has 58 heavy (non-hydrogen) atoms. The molecule has 3 aliphatic heterocycles. The second kappa shape index (κ2) is 14.8. The van der Waals surface area contributed by atoms with Crippen LogP contribution in [0.2, 0.25) is 0 Å². The predicted octanol–water partition coefficient (Wildman–Crippen LogP) is 9.29. The fourth-order valence-electron chi connectivity index (χ4n) is 5.80. The zero-order chi connectivity index (χ0) is 45.7. The predicted molar refractivity (Wildman–Crippen MR) is 129 cm³/mol. The average molecular weight is 924 g/mol. The molecule has 0 amide bonds. The molecule has 0 aromatic rings. The highest BCUT2D eigenvalue weighted by atomic mass is 19.4. The van der Waals surface area contributed by atoms with Crippen LogP contribution in [-0.2, 0) is 28.4 Å². The molecule has 344 valence electrons. The van der Waals surface area contributed by atoms with E-state index in [2.05, 4.69) is 0 Å². The van der Waals surface area contributed by atoms with Crippen molar-refractivity contribution in [1.29, 1.82) is 0 Å². The Bertz CT molecular complexity index is 1340. The van der Waals surface area contributed by atoms with Gasteiger partial charge < -0.3 is 28.4 Å². The van der Waals surface area contributed by atoms with Crippen molar-refractivity contribution in [3.63, 3.8) is 0 Å². The van der Waals surface area contributed by atoms with Crippen molar-refractivity contribution in [2.75, 3.05) is 14.2 Å². The lowest BCUT2D eigenvalue weighted by Crippen LogP contribution is -2.70. The van der Waals surface area contributed by atoms with E-state index in [0.717, 1.165) is 0 Å². The molecule has 6 nitrogen and oxygen atoms in total. The number of ether oxygens (including phenoxy) is 6. The largest absolute Gasteiger partial charge is 0.460 e. The lowest BCUT2D eigenvalue weighted by Gasteiger charge is -2.40. The van der Waals surface area contributed by atoms with Gasteiger partial charge in [-0.15, -0.1) is 0 Å². The molecule has 3 aliphatic rings. The Morgan fingerprint density at radius 3 is 0.810 bits per heavy atom. The number of methoxy groups -OCH3 is 2. The van der Waals surface area contributed by atoms with Crippen molar-refractivity contribution >= 4 is 0 Å². The highest BCUT2D eigenvalue weighted by Gasteiger charge is 2.92. The van der Waals surface area contributed by atoms with Crippen LogP contribution < -0.4 is 0 Å². The van der Waals surface area contributed by atoms with Crippen LogP contribution in [0.4, 0.5) is 114 Å². The second-order valence-electron chi connectivity index (χ2n) is 12.8. The molecule has 0 aromatic carbocycles. The van der Waals surface area contributed by atoms with Crippen LogP contribution in [0.15, 0.2) is 0 Å². The molecule has 8 atom stereocenters. The van der Waals surface area contributed by atoms with Crippen molar-refractivity contribution in [3.05, 3.63) is 0 Å². The molecule has 3 heterocycles. The minimum atomic E-state index is -8.18. The summed E-state index contributed by atoms with van der Waals surface area (Å²) in [4.78, 5) is 0. The van der Waals surface area contributed by atoms with Gasteiger partial charge in [0.15, 0.2) is 12.6 Å². The lowest BCUT2D eigenvalue weighted by molar-refractivity contribution is -0.440. The van der Waals surface area contributed by atoms with Crippen molar-refractivity contribution < 1.29 is 143 Å². The molecule has 0 aromatic heterocycles. The fourth-order valence-corrected chi connectivity index (χ4v) is 5.80. The maximum Gasteiger partial charge on any atom is 0.460 e. The van der Waals surface area contributed by atoms with E-state index in [9.17, 15) is 114 Å². The van der Waals surface area contributed by atoms with Gasteiger partial charge >= 0.3 is 71.6 Å². The molecule has 0 aliphatic carbocycles. The molecular weight excluding hydrogens is 902 g/mol. The van der Waals surface area contributed by atoms with Gasteiger partial charge in [-0.2, -0.15) is 114 Å². The summed E-state index contributed by atoms with van der Waals surface area (Å²) in [7, 11) is 1.31. The van der Waals surface area contributed by atoms with E-state index >= 15 is 0 Å². The summed E-state index contributed by atoms with van der Waals surface area (Å²) in [6, 6.07) is 0. The van der Waals surface area contributed by atoms with Crippen LogP contribution in [0.1, 0.15) is 25.7 Å². The monoisotopic (exact) mass is 924 g/mol. The Morgan fingerprint density at radius 1 is 0.345 bits per heavy atom. The topological polar surface area (TPSA) is 55.4 Å². The van der Waals surface area contributed by atoms with E-state index in [4.69, 9.17) is 28.4 Å². The second-order valence-corrected chi connectivity index (χ2v) is 12.8. The molecule has 0 unspecified atom stereocenters. The van der Waals surface area contributed by atoms with Gasteiger partial charge in [0.1, 0.15) is 24.4 Å². The quantitative estimate of drug-likeness (QED) is 0.144. The molecule has 0 saturated carbocycles. The van der Waals surface area contributed by atoms with Gasteiger partial charge in [0.2, 0.25) is 0 Å². The van der Waals surface area contributed by atoms with E-state index in [-0.39, 0.29) is 0 Å². The number of hydrogen-bond acceptors (Lipinski definition) is 6.